The van der Waals surface area contributed by atoms with E-state index in [1.165, 1.54) is 23.8 Å². The summed E-state index contributed by atoms with van der Waals surface area (Å²) < 4.78 is 4.38. The number of likely N-dealkylation sites (N-methyl/N-ethyl adjacent to an activating group) is 1. The number of piperazine rings is 1. The second-order valence-electron chi connectivity index (χ2n) is 10.3. The molecule has 3 aliphatic rings. The molecule has 0 aliphatic carbocycles. The molecule has 2 aromatic heterocycles. The molecule has 17 nitrogen and oxygen atoms in total. The van der Waals surface area contributed by atoms with Gasteiger partial charge in [-0.1, -0.05) is 5.16 Å². The number of amides is 3. The molecule has 5 rings (SSSR count). The Morgan fingerprint density at radius 1 is 1.30 bits per heavy atom. The lowest BCUT2D eigenvalue weighted by molar-refractivity contribution is -0.908. The average molecular weight is 635 g/mol. The van der Waals surface area contributed by atoms with Crippen LogP contribution in [0.15, 0.2) is 33.5 Å². The molecule has 3 aliphatic heterocycles. The maximum Gasteiger partial charge on any atom is 0.352 e. The Hall–Kier alpha value is -4.49. The number of nitrogens with zero attached hydrogens (tertiary/aromatic N) is 6. The Bertz CT molecular complexity index is 1610. The summed E-state index contributed by atoms with van der Waals surface area (Å²) in [7, 11) is 3.19. The van der Waals surface area contributed by atoms with E-state index in [2.05, 4.69) is 24.8 Å². The van der Waals surface area contributed by atoms with Gasteiger partial charge in [-0.25, -0.2) is 4.79 Å². The highest BCUT2D eigenvalue weighted by Gasteiger charge is 2.55. The molecule has 2 aromatic rings. The number of nitrogen functional groups attached to an aromatic ring is 1. The molecule has 0 radical (unpaired) electrons. The van der Waals surface area contributed by atoms with Crippen LogP contribution in [0.1, 0.15) is 16.3 Å². The van der Waals surface area contributed by atoms with E-state index in [9.17, 15) is 34.2 Å². The standard InChI is InChI=1S/C24H27N9O8S2/c1-33(5-3-31(4-6-33)20(37)12-7-13(34)14(35)8-26-12)9-11-10-42-22-16(21(38)32(22)17(11)23(39)40)27-19(36)15(29-41-2)18-28-24(25)43-30-18/h7-8,16,22H,3-6,9-10H2,1-2H3,(H5-,25,26,27,28,29,30,34,35,36,37,39,40)/p+1/t16-,22+/m1/s1. The van der Waals surface area contributed by atoms with E-state index >= 15 is 0 Å². The summed E-state index contributed by atoms with van der Waals surface area (Å²) in [6.07, 6.45) is 1.07. The maximum atomic E-state index is 13.2. The van der Waals surface area contributed by atoms with Crippen molar-refractivity contribution in [2.45, 2.75) is 11.4 Å². The van der Waals surface area contributed by atoms with Gasteiger partial charge in [0.1, 0.15) is 36.5 Å². The first kappa shape index (κ1) is 30.0. The van der Waals surface area contributed by atoms with Crippen LogP contribution in [-0.4, -0.2) is 132 Å². The first-order chi connectivity index (χ1) is 20.4. The number of aromatic hydroxyl groups is 1. The monoisotopic (exact) mass is 634 g/mol. The number of aromatic amines is 1. The number of carbonyl (C=O) groups is 4. The zero-order valence-corrected chi connectivity index (χ0v) is 24.6. The number of carbonyl (C=O) groups excluding carboxylic acids is 3. The number of quaternary nitrogens is 1. The number of hydrogen-bond donors (Lipinski definition) is 5. The molecule has 0 saturated carbocycles. The van der Waals surface area contributed by atoms with Crippen molar-refractivity contribution in [2.75, 3.05) is 58.4 Å². The van der Waals surface area contributed by atoms with Crippen LogP contribution >= 0.6 is 23.3 Å². The van der Waals surface area contributed by atoms with E-state index in [-0.39, 0.29) is 34.0 Å². The zero-order chi connectivity index (χ0) is 31.1. The summed E-state index contributed by atoms with van der Waals surface area (Å²) in [4.78, 5) is 77.2. The Morgan fingerprint density at radius 2 is 2.02 bits per heavy atom. The summed E-state index contributed by atoms with van der Waals surface area (Å²) in [5.74, 6) is -3.21. The first-order valence-corrected chi connectivity index (χ1v) is 14.7. The lowest BCUT2D eigenvalue weighted by Gasteiger charge is -2.50. The number of β-lactam (4-membered cyclic amide) rings is 1. The smallest absolute Gasteiger partial charge is 0.352 e. The van der Waals surface area contributed by atoms with E-state index in [4.69, 9.17) is 10.6 Å². The third-order valence-corrected chi connectivity index (χ3v) is 9.27. The minimum absolute atomic E-state index is 0.0645. The van der Waals surface area contributed by atoms with Crippen LogP contribution in [0.5, 0.6) is 5.75 Å². The van der Waals surface area contributed by atoms with E-state index in [1.807, 2.05) is 7.05 Å². The van der Waals surface area contributed by atoms with Crippen LogP contribution in [0.25, 0.3) is 0 Å². The highest BCUT2D eigenvalue weighted by atomic mass is 32.2. The number of pyridine rings is 1. The molecule has 0 bridgehead atoms. The van der Waals surface area contributed by atoms with E-state index < -0.39 is 40.4 Å². The Labute approximate surface area is 251 Å². The van der Waals surface area contributed by atoms with Gasteiger partial charge in [0, 0.05) is 35.1 Å². The number of aliphatic carboxylic acids is 1. The number of carboxylic acid groups (broad SMARTS) is 1. The number of rotatable bonds is 8. The number of H-pyrrole nitrogens is 1. The predicted octanol–water partition coefficient (Wildman–Crippen LogP) is -1.79. The molecular formula is C24H28N9O8S2+. The van der Waals surface area contributed by atoms with Gasteiger partial charge in [-0.15, -0.1) is 11.8 Å². The van der Waals surface area contributed by atoms with Crippen molar-refractivity contribution < 1.29 is 38.7 Å². The summed E-state index contributed by atoms with van der Waals surface area (Å²) in [5.41, 5.74) is 5.19. The van der Waals surface area contributed by atoms with Crippen LogP contribution in [0.2, 0.25) is 0 Å². The molecule has 19 heteroatoms. The van der Waals surface area contributed by atoms with Crippen molar-refractivity contribution in [3.63, 3.8) is 0 Å². The molecule has 5 heterocycles. The number of nitrogens with two attached hydrogens (primary N) is 1. The number of hydrogen-bond acceptors (Lipinski definition) is 13. The number of nitrogens with one attached hydrogen (secondary N) is 2. The first-order valence-electron chi connectivity index (χ1n) is 12.9. The average Bonchev–Trinajstić information content (AvgIpc) is 3.41. The number of anilines is 1. The minimum atomic E-state index is -1.25. The van der Waals surface area contributed by atoms with Crippen molar-refractivity contribution in [2.24, 2.45) is 5.16 Å². The van der Waals surface area contributed by atoms with Gasteiger partial charge >= 0.3 is 5.97 Å². The molecule has 2 atom stereocenters. The molecule has 43 heavy (non-hydrogen) atoms. The Morgan fingerprint density at radius 3 is 2.63 bits per heavy atom. The summed E-state index contributed by atoms with van der Waals surface area (Å²) in [6.45, 7) is 2.04. The number of carboxylic acids is 1. The van der Waals surface area contributed by atoms with E-state index in [1.54, 1.807) is 4.90 Å². The fourth-order valence-electron chi connectivity index (χ4n) is 5.15. The van der Waals surface area contributed by atoms with Crippen molar-refractivity contribution in [1.29, 1.82) is 0 Å². The third kappa shape index (κ3) is 5.77. The SMILES string of the molecule is CON=C(C(=O)N[C@@H]1C(=O)N2C(C(=O)O)=C(C[N+]3(C)CCN(C(=O)c4cc(=O)c(O)c[nH]4)CC3)CS[C@@H]12)c1nsc(N)n1. The van der Waals surface area contributed by atoms with Gasteiger partial charge in [0.15, 0.2) is 10.9 Å². The molecule has 2 saturated heterocycles. The molecule has 228 valence electrons. The van der Waals surface area contributed by atoms with Crippen LogP contribution in [0, 0.1) is 0 Å². The Kier molecular flexibility index (Phi) is 8.12. The van der Waals surface area contributed by atoms with E-state index in [0.29, 0.717) is 48.5 Å². The van der Waals surface area contributed by atoms with Gasteiger partial charge < -0.3 is 40.5 Å². The van der Waals surface area contributed by atoms with Gasteiger partial charge in [0.25, 0.3) is 17.7 Å². The topological polar surface area (TPSA) is 234 Å². The van der Waals surface area contributed by atoms with Crippen LogP contribution in [0.3, 0.4) is 0 Å². The molecule has 2 fully saturated rings. The molecule has 3 amide bonds. The normalized spacial score (nSPS) is 21.6. The van der Waals surface area contributed by atoms with Gasteiger partial charge in [-0.05, 0) is 0 Å². The highest BCUT2D eigenvalue weighted by molar-refractivity contribution is 8.00. The minimum Gasteiger partial charge on any atom is -0.503 e. The number of aromatic nitrogens is 3. The summed E-state index contributed by atoms with van der Waals surface area (Å²) in [6, 6.07) is 0.0496. The van der Waals surface area contributed by atoms with Crippen molar-refractivity contribution >= 4 is 57.8 Å². The lowest BCUT2D eigenvalue weighted by atomic mass is 10.0. The summed E-state index contributed by atoms with van der Waals surface area (Å²) >= 11 is 2.19. The number of thioether (sulfide) groups is 1. The fraction of sp³-hybridized carbons (Fsp3) is 0.417. The van der Waals surface area contributed by atoms with Crippen molar-refractivity contribution in [3.8, 4) is 5.75 Å². The molecule has 0 spiro atoms. The van der Waals surface area contributed by atoms with Crippen molar-refractivity contribution in [3.05, 3.63) is 45.3 Å². The van der Waals surface area contributed by atoms with Gasteiger partial charge in [-0.3, -0.25) is 24.1 Å². The van der Waals surface area contributed by atoms with Gasteiger partial charge in [0.05, 0.1) is 33.2 Å². The zero-order valence-electron chi connectivity index (χ0n) is 23.0. The second kappa shape index (κ2) is 11.7. The van der Waals surface area contributed by atoms with Crippen LogP contribution in [-0.2, 0) is 19.2 Å². The number of oxime groups is 1. The fourth-order valence-corrected chi connectivity index (χ4v) is 6.92. The molecular weight excluding hydrogens is 606 g/mol. The lowest BCUT2D eigenvalue weighted by Crippen LogP contribution is -2.71. The predicted molar refractivity (Wildman–Crippen MR) is 153 cm³/mol. The molecule has 0 unspecified atom stereocenters. The molecule has 6 N–H and O–H groups in total. The van der Waals surface area contributed by atoms with Crippen LogP contribution in [0.4, 0.5) is 5.13 Å². The highest BCUT2D eigenvalue weighted by Crippen LogP contribution is 2.41. The Balaban J connectivity index is 1.26. The number of fused-ring (bicyclic) bond motifs is 1. The maximum absolute atomic E-state index is 13.2. The van der Waals surface area contributed by atoms with E-state index in [0.717, 1.165) is 23.8 Å². The van der Waals surface area contributed by atoms with Crippen LogP contribution < -0.4 is 16.5 Å². The van der Waals surface area contributed by atoms with Crippen molar-refractivity contribution in [1.82, 2.24) is 29.5 Å². The second-order valence-corrected chi connectivity index (χ2v) is 12.2. The molecule has 0 aromatic carbocycles. The quantitative estimate of drug-likeness (QED) is 0.0937. The van der Waals surface area contributed by atoms with Gasteiger partial charge in [-0.2, -0.15) is 9.36 Å². The van der Waals surface area contributed by atoms with Gasteiger partial charge in [0.2, 0.25) is 17.0 Å². The largest absolute Gasteiger partial charge is 0.503 e. The summed E-state index contributed by atoms with van der Waals surface area (Å²) in [5, 5.41) is 25.3. The third-order valence-electron chi connectivity index (χ3n) is 7.39.